The molecule has 1 atom stereocenters. The highest BCUT2D eigenvalue weighted by Crippen LogP contribution is 2.46. The Hall–Kier alpha value is -0.960. The zero-order valence-electron chi connectivity index (χ0n) is 11.4. The summed E-state index contributed by atoms with van der Waals surface area (Å²) in [6.07, 6.45) is 3.44. The van der Waals surface area contributed by atoms with Crippen LogP contribution in [0.5, 0.6) is 0 Å². The fourth-order valence-corrected chi connectivity index (χ4v) is 2.15. The van der Waals surface area contributed by atoms with Crippen molar-refractivity contribution in [1.82, 2.24) is 9.97 Å². The summed E-state index contributed by atoms with van der Waals surface area (Å²) in [5.41, 5.74) is 9.51. The molecule has 1 saturated carbocycles. The van der Waals surface area contributed by atoms with E-state index >= 15 is 0 Å². The summed E-state index contributed by atoms with van der Waals surface area (Å²) < 4.78 is 0. The third kappa shape index (κ3) is 2.49. The molecule has 1 fully saturated rings. The fourth-order valence-electron chi connectivity index (χ4n) is 2.15. The van der Waals surface area contributed by atoms with Crippen molar-refractivity contribution in [3.8, 4) is 0 Å². The van der Waals surface area contributed by atoms with Crippen LogP contribution < -0.4 is 5.73 Å². The molecule has 0 aromatic carbocycles. The summed E-state index contributed by atoms with van der Waals surface area (Å²) >= 11 is 0. The molecule has 2 N–H and O–H groups in total. The van der Waals surface area contributed by atoms with Crippen LogP contribution in [0.4, 0.5) is 0 Å². The number of aryl methyl sites for hydroxylation is 2. The summed E-state index contributed by atoms with van der Waals surface area (Å²) in [4.78, 5) is 9.41. The number of hydrogen-bond donors (Lipinski definition) is 1. The lowest BCUT2D eigenvalue weighted by molar-refractivity contribution is 0.581. The van der Waals surface area contributed by atoms with E-state index in [-0.39, 0.29) is 5.41 Å². The SMILES string of the molecule is Cc1nc(C2(C)CC2)nc(C)c1CC(C)CN. The molecule has 0 amide bonds. The molecule has 1 aliphatic rings. The third-order valence-corrected chi connectivity index (χ3v) is 3.92. The van der Waals surface area contributed by atoms with Crippen molar-refractivity contribution in [1.29, 1.82) is 0 Å². The molecular weight excluding hydrogens is 210 g/mol. The second-order valence-corrected chi connectivity index (χ2v) is 5.80. The van der Waals surface area contributed by atoms with Gasteiger partial charge in [0.25, 0.3) is 0 Å². The van der Waals surface area contributed by atoms with Crippen molar-refractivity contribution in [3.05, 3.63) is 22.8 Å². The van der Waals surface area contributed by atoms with Gasteiger partial charge >= 0.3 is 0 Å². The van der Waals surface area contributed by atoms with Gasteiger partial charge in [0.05, 0.1) is 0 Å². The van der Waals surface area contributed by atoms with Gasteiger partial charge in [-0.3, -0.25) is 0 Å². The topological polar surface area (TPSA) is 51.8 Å². The fraction of sp³-hybridized carbons (Fsp3) is 0.714. The van der Waals surface area contributed by atoms with Gasteiger partial charge in [0.15, 0.2) is 0 Å². The summed E-state index contributed by atoms with van der Waals surface area (Å²) in [5, 5.41) is 0. The molecule has 1 aromatic rings. The summed E-state index contributed by atoms with van der Waals surface area (Å²) in [5.74, 6) is 1.54. The largest absolute Gasteiger partial charge is 0.330 e. The molecule has 1 unspecified atom stereocenters. The van der Waals surface area contributed by atoms with Crippen LogP contribution in [-0.4, -0.2) is 16.5 Å². The van der Waals surface area contributed by atoms with Gasteiger partial charge in [0.1, 0.15) is 5.82 Å². The Kier molecular flexibility index (Phi) is 3.21. The van der Waals surface area contributed by atoms with Crippen LogP contribution in [0.3, 0.4) is 0 Å². The maximum absolute atomic E-state index is 5.69. The summed E-state index contributed by atoms with van der Waals surface area (Å²) in [6, 6.07) is 0. The highest BCUT2D eigenvalue weighted by Gasteiger charge is 2.42. The van der Waals surface area contributed by atoms with Crippen molar-refractivity contribution in [3.63, 3.8) is 0 Å². The highest BCUT2D eigenvalue weighted by atomic mass is 14.9. The normalized spacial score (nSPS) is 19.1. The van der Waals surface area contributed by atoms with Crippen molar-refractivity contribution in [2.24, 2.45) is 11.7 Å². The second-order valence-electron chi connectivity index (χ2n) is 5.80. The predicted octanol–water partition coefficient (Wildman–Crippen LogP) is 2.28. The van der Waals surface area contributed by atoms with Gasteiger partial charge in [-0.2, -0.15) is 0 Å². The van der Waals surface area contributed by atoms with Crippen LogP contribution in [-0.2, 0) is 11.8 Å². The molecule has 0 spiro atoms. The van der Waals surface area contributed by atoms with E-state index in [1.807, 2.05) is 0 Å². The van der Waals surface area contributed by atoms with E-state index < -0.39 is 0 Å². The van der Waals surface area contributed by atoms with Gasteiger partial charge in [-0.05, 0) is 51.1 Å². The van der Waals surface area contributed by atoms with Gasteiger partial charge < -0.3 is 5.73 Å². The molecule has 1 heterocycles. The number of rotatable bonds is 4. The Bertz CT molecular complexity index is 398. The van der Waals surface area contributed by atoms with E-state index in [0.29, 0.717) is 5.92 Å². The molecule has 3 nitrogen and oxygen atoms in total. The number of nitrogens with two attached hydrogens (primary N) is 1. The first-order valence-corrected chi connectivity index (χ1v) is 6.51. The van der Waals surface area contributed by atoms with Crippen molar-refractivity contribution < 1.29 is 0 Å². The van der Waals surface area contributed by atoms with E-state index in [9.17, 15) is 0 Å². The molecule has 2 rings (SSSR count). The van der Waals surface area contributed by atoms with Gasteiger partial charge in [-0.1, -0.05) is 13.8 Å². The minimum atomic E-state index is 0.257. The predicted molar refractivity (Wildman–Crippen MR) is 70.0 cm³/mol. The quantitative estimate of drug-likeness (QED) is 0.868. The number of aromatic nitrogens is 2. The monoisotopic (exact) mass is 233 g/mol. The standard InChI is InChI=1S/C14H23N3/c1-9(8-15)7-12-10(2)16-13(17-11(12)3)14(4)5-6-14/h9H,5-8,15H2,1-4H3. The first kappa shape index (κ1) is 12.5. The van der Waals surface area contributed by atoms with Gasteiger partial charge in [0, 0.05) is 16.8 Å². The summed E-state index contributed by atoms with van der Waals surface area (Å²) in [7, 11) is 0. The van der Waals surface area contributed by atoms with E-state index in [1.165, 1.54) is 18.4 Å². The highest BCUT2D eigenvalue weighted by molar-refractivity contribution is 5.28. The van der Waals surface area contributed by atoms with Gasteiger partial charge in [-0.25, -0.2) is 9.97 Å². The molecule has 1 aromatic heterocycles. The van der Waals surface area contributed by atoms with Crippen molar-refractivity contribution >= 4 is 0 Å². The van der Waals surface area contributed by atoms with Crippen molar-refractivity contribution in [2.75, 3.05) is 6.54 Å². The minimum absolute atomic E-state index is 0.257. The number of hydrogen-bond acceptors (Lipinski definition) is 3. The van der Waals surface area contributed by atoms with E-state index in [4.69, 9.17) is 15.7 Å². The van der Waals surface area contributed by atoms with Crippen LogP contribution in [0, 0.1) is 19.8 Å². The number of nitrogens with zero attached hydrogens (tertiary/aromatic N) is 2. The molecule has 0 aliphatic heterocycles. The molecule has 3 heteroatoms. The molecule has 0 saturated heterocycles. The van der Waals surface area contributed by atoms with Crippen LogP contribution in [0.2, 0.25) is 0 Å². The average Bonchev–Trinajstić information content (AvgIpc) is 3.02. The van der Waals surface area contributed by atoms with Crippen LogP contribution in [0.1, 0.15) is 49.5 Å². The molecule has 0 bridgehead atoms. The second kappa shape index (κ2) is 4.37. The zero-order valence-corrected chi connectivity index (χ0v) is 11.4. The first-order valence-electron chi connectivity index (χ1n) is 6.51. The van der Waals surface area contributed by atoms with Crippen LogP contribution in [0.25, 0.3) is 0 Å². The van der Waals surface area contributed by atoms with Gasteiger partial charge in [0.2, 0.25) is 0 Å². The van der Waals surface area contributed by atoms with E-state index in [1.54, 1.807) is 0 Å². The maximum Gasteiger partial charge on any atom is 0.134 e. The molecule has 17 heavy (non-hydrogen) atoms. The van der Waals surface area contributed by atoms with Gasteiger partial charge in [-0.15, -0.1) is 0 Å². The summed E-state index contributed by atoms with van der Waals surface area (Å²) in [6.45, 7) is 9.35. The lowest BCUT2D eigenvalue weighted by atomic mass is 9.98. The molecule has 0 radical (unpaired) electrons. The Morgan fingerprint density at radius 1 is 1.24 bits per heavy atom. The lowest BCUT2D eigenvalue weighted by Gasteiger charge is -2.16. The Morgan fingerprint density at radius 3 is 2.18 bits per heavy atom. The first-order chi connectivity index (χ1) is 7.96. The van der Waals surface area contributed by atoms with Crippen LogP contribution >= 0.6 is 0 Å². The van der Waals surface area contributed by atoms with E-state index in [0.717, 1.165) is 30.2 Å². The molecule has 1 aliphatic carbocycles. The molecular formula is C14H23N3. The molecule has 94 valence electrons. The van der Waals surface area contributed by atoms with Crippen LogP contribution in [0.15, 0.2) is 0 Å². The lowest BCUT2D eigenvalue weighted by Crippen LogP contribution is -2.17. The third-order valence-electron chi connectivity index (χ3n) is 3.92. The average molecular weight is 233 g/mol. The Labute approximate surface area is 104 Å². The minimum Gasteiger partial charge on any atom is -0.330 e. The maximum atomic E-state index is 5.69. The van der Waals surface area contributed by atoms with Crippen molar-refractivity contribution in [2.45, 2.75) is 52.4 Å². The Balaban J connectivity index is 2.29. The zero-order chi connectivity index (χ0) is 12.6. The van der Waals surface area contributed by atoms with E-state index in [2.05, 4.69) is 27.7 Å². The smallest absolute Gasteiger partial charge is 0.134 e. The Morgan fingerprint density at radius 2 is 1.76 bits per heavy atom.